The first kappa shape index (κ1) is 21.0. The lowest BCUT2D eigenvalue weighted by Gasteiger charge is -2.44. The number of nitrogens with one attached hydrogen (secondary N) is 2. The maximum Gasteiger partial charge on any atom is 0.191 e. The van der Waals surface area contributed by atoms with Crippen molar-refractivity contribution in [1.82, 2.24) is 25.4 Å². The van der Waals surface area contributed by atoms with Crippen molar-refractivity contribution in [3.63, 3.8) is 0 Å². The zero-order valence-electron chi connectivity index (χ0n) is 17.7. The van der Waals surface area contributed by atoms with Crippen molar-refractivity contribution >= 4 is 5.96 Å². The third-order valence-corrected chi connectivity index (χ3v) is 5.98. The monoisotopic (exact) mass is 392 g/mol. The number of guanidine groups is 1. The standard InChI is InChI=1S/C20H36N6O2/c1-16-24-25-18(26(16)2)15-22-19(21-11-7-12-27-3)23-17-8-13-28-20(14-17)9-5-4-6-10-20/h17H,4-15H2,1-3H3,(H2,21,22,23). The van der Waals surface area contributed by atoms with E-state index in [0.29, 0.717) is 12.6 Å². The molecule has 1 spiro atoms. The van der Waals surface area contributed by atoms with Crippen molar-refractivity contribution in [2.75, 3.05) is 26.9 Å². The number of rotatable bonds is 7. The van der Waals surface area contributed by atoms with Crippen molar-refractivity contribution in [3.8, 4) is 0 Å². The lowest BCUT2D eigenvalue weighted by atomic mass is 9.78. The Morgan fingerprint density at radius 1 is 1.32 bits per heavy atom. The highest BCUT2D eigenvalue weighted by molar-refractivity contribution is 5.80. The van der Waals surface area contributed by atoms with Gasteiger partial charge in [0.25, 0.3) is 0 Å². The molecule has 1 aromatic heterocycles. The number of ether oxygens (including phenoxy) is 2. The molecule has 2 aliphatic rings. The predicted octanol–water partition coefficient (Wildman–Crippen LogP) is 2.08. The second-order valence-electron chi connectivity index (χ2n) is 8.09. The normalized spacial score (nSPS) is 22.4. The van der Waals surface area contributed by atoms with Crippen LogP contribution in [0.15, 0.2) is 4.99 Å². The van der Waals surface area contributed by atoms with Crippen LogP contribution in [-0.2, 0) is 23.1 Å². The van der Waals surface area contributed by atoms with Crippen molar-refractivity contribution < 1.29 is 9.47 Å². The summed E-state index contributed by atoms with van der Waals surface area (Å²) in [5.74, 6) is 2.61. The molecule has 0 radical (unpaired) electrons. The molecule has 8 nitrogen and oxygen atoms in total. The molecule has 1 aromatic rings. The zero-order chi connectivity index (χ0) is 19.8. The van der Waals surface area contributed by atoms with Gasteiger partial charge in [-0.2, -0.15) is 0 Å². The molecule has 28 heavy (non-hydrogen) atoms. The summed E-state index contributed by atoms with van der Waals surface area (Å²) in [6.07, 6.45) is 9.32. The minimum Gasteiger partial charge on any atom is -0.385 e. The van der Waals surface area contributed by atoms with E-state index in [2.05, 4.69) is 20.8 Å². The fraction of sp³-hybridized carbons (Fsp3) is 0.850. The summed E-state index contributed by atoms with van der Waals surface area (Å²) < 4.78 is 13.4. The highest BCUT2D eigenvalue weighted by atomic mass is 16.5. The summed E-state index contributed by atoms with van der Waals surface area (Å²) in [7, 11) is 3.71. The van der Waals surface area contributed by atoms with E-state index in [1.807, 2.05) is 18.5 Å². The summed E-state index contributed by atoms with van der Waals surface area (Å²) in [4.78, 5) is 4.78. The molecular formula is C20H36N6O2. The Kier molecular flexibility index (Phi) is 7.67. The van der Waals surface area contributed by atoms with Crippen molar-refractivity contribution in [1.29, 1.82) is 0 Å². The Bertz CT molecular complexity index is 633. The van der Waals surface area contributed by atoms with Crippen molar-refractivity contribution in [2.45, 2.75) is 76.5 Å². The summed E-state index contributed by atoms with van der Waals surface area (Å²) in [6.45, 7) is 4.85. The van der Waals surface area contributed by atoms with Gasteiger partial charge in [0.15, 0.2) is 11.8 Å². The summed E-state index contributed by atoms with van der Waals surface area (Å²) in [5.41, 5.74) is 0.0794. The average molecular weight is 393 g/mol. The minimum atomic E-state index is 0.0794. The highest BCUT2D eigenvalue weighted by Gasteiger charge is 2.38. The molecule has 0 bridgehead atoms. The zero-order valence-corrected chi connectivity index (χ0v) is 17.7. The number of aryl methyl sites for hydroxylation is 1. The molecular weight excluding hydrogens is 356 g/mol. The SMILES string of the molecule is COCCCNC(=NCc1nnc(C)n1C)NC1CCOC2(CCCCC2)C1. The third kappa shape index (κ3) is 5.67. The highest BCUT2D eigenvalue weighted by Crippen LogP contribution is 2.38. The van der Waals surface area contributed by atoms with Crippen LogP contribution in [-0.4, -0.2) is 59.2 Å². The van der Waals surface area contributed by atoms with Crippen LogP contribution < -0.4 is 10.6 Å². The molecule has 0 aromatic carbocycles. The fourth-order valence-electron chi connectivity index (χ4n) is 4.20. The number of aliphatic imine (C=N–C) groups is 1. The van der Waals surface area contributed by atoms with Crippen LogP contribution in [0.2, 0.25) is 0 Å². The topological polar surface area (TPSA) is 85.6 Å². The van der Waals surface area contributed by atoms with Gasteiger partial charge in [-0.05, 0) is 39.0 Å². The van der Waals surface area contributed by atoms with E-state index >= 15 is 0 Å². The molecule has 1 saturated carbocycles. The maximum atomic E-state index is 6.24. The smallest absolute Gasteiger partial charge is 0.191 e. The van der Waals surface area contributed by atoms with Crippen molar-refractivity contribution in [2.24, 2.45) is 12.0 Å². The van der Waals surface area contributed by atoms with Crippen LogP contribution in [0.25, 0.3) is 0 Å². The van der Waals surface area contributed by atoms with Crippen LogP contribution >= 0.6 is 0 Å². The quantitative estimate of drug-likeness (QED) is 0.420. The Balaban J connectivity index is 1.62. The molecule has 2 N–H and O–H groups in total. The molecule has 158 valence electrons. The largest absolute Gasteiger partial charge is 0.385 e. The van der Waals surface area contributed by atoms with Crippen LogP contribution in [0.5, 0.6) is 0 Å². The van der Waals surface area contributed by atoms with E-state index in [0.717, 1.165) is 56.6 Å². The van der Waals surface area contributed by atoms with Crippen LogP contribution in [0, 0.1) is 6.92 Å². The van der Waals surface area contributed by atoms with Gasteiger partial charge in [-0.1, -0.05) is 19.3 Å². The Morgan fingerprint density at radius 2 is 2.14 bits per heavy atom. The van der Waals surface area contributed by atoms with Gasteiger partial charge in [-0.25, -0.2) is 4.99 Å². The minimum absolute atomic E-state index is 0.0794. The van der Waals surface area contributed by atoms with E-state index in [1.54, 1.807) is 7.11 Å². The molecule has 1 aliphatic heterocycles. The molecule has 1 aliphatic carbocycles. The van der Waals surface area contributed by atoms with Gasteiger partial charge >= 0.3 is 0 Å². The molecule has 2 fully saturated rings. The summed E-state index contributed by atoms with van der Waals surface area (Å²) in [5, 5.41) is 15.5. The Labute approximate surface area is 168 Å². The molecule has 1 unspecified atom stereocenters. The van der Waals surface area contributed by atoms with Gasteiger partial charge in [0.1, 0.15) is 12.4 Å². The second-order valence-corrected chi connectivity index (χ2v) is 8.09. The number of hydrogen-bond donors (Lipinski definition) is 2. The van der Waals surface area contributed by atoms with E-state index in [1.165, 1.54) is 32.1 Å². The predicted molar refractivity (Wildman–Crippen MR) is 109 cm³/mol. The Morgan fingerprint density at radius 3 is 2.86 bits per heavy atom. The van der Waals surface area contributed by atoms with Gasteiger partial charge in [-0.15, -0.1) is 10.2 Å². The van der Waals surface area contributed by atoms with Gasteiger partial charge in [0.2, 0.25) is 0 Å². The molecule has 2 heterocycles. The molecule has 0 amide bonds. The van der Waals surface area contributed by atoms with Crippen LogP contribution in [0.4, 0.5) is 0 Å². The van der Waals surface area contributed by atoms with Gasteiger partial charge < -0.3 is 24.7 Å². The second kappa shape index (κ2) is 10.2. The number of aromatic nitrogens is 3. The van der Waals surface area contributed by atoms with Crippen LogP contribution in [0.1, 0.15) is 63.0 Å². The van der Waals surface area contributed by atoms with E-state index < -0.39 is 0 Å². The van der Waals surface area contributed by atoms with Crippen molar-refractivity contribution in [3.05, 3.63) is 11.6 Å². The molecule has 8 heteroatoms. The van der Waals surface area contributed by atoms with E-state index in [4.69, 9.17) is 14.5 Å². The van der Waals surface area contributed by atoms with Gasteiger partial charge in [0, 0.05) is 40.0 Å². The van der Waals surface area contributed by atoms with Gasteiger partial charge in [0.05, 0.1) is 5.60 Å². The fourth-order valence-corrected chi connectivity index (χ4v) is 4.20. The van der Waals surface area contributed by atoms with Gasteiger partial charge in [-0.3, -0.25) is 0 Å². The number of nitrogens with zero attached hydrogens (tertiary/aromatic N) is 4. The number of hydrogen-bond acceptors (Lipinski definition) is 5. The molecule has 1 saturated heterocycles. The molecule has 1 atom stereocenters. The maximum absolute atomic E-state index is 6.24. The van der Waals surface area contributed by atoms with Crippen LogP contribution in [0.3, 0.4) is 0 Å². The first-order valence-corrected chi connectivity index (χ1v) is 10.6. The first-order chi connectivity index (χ1) is 13.6. The third-order valence-electron chi connectivity index (χ3n) is 5.98. The van der Waals surface area contributed by atoms with E-state index in [-0.39, 0.29) is 5.60 Å². The summed E-state index contributed by atoms with van der Waals surface area (Å²) in [6, 6.07) is 0.391. The first-order valence-electron chi connectivity index (χ1n) is 10.6. The number of methoxy groups -OCH3 is 1. The lowest BCUT2D eigenvalue weighted by Crippen LogP contribution is -2.52. The lowest BCUT2D eigenvalue weighted by molar-refractivity contribution is -0.107. The Hall–Kier alpha value is -1.67. The van der Waals surface area contributed by atoms with E-state index in [9.17, 15) is 0 Å². The molecule has 3 rings (SSSR count). The average Bonchev–Trinajstić information content (AvgIpc) is 3.02. The summed E-state index contributed by atoms with van der Waals surface area (Å²) >= 11 is 0.